The average Bonchev–Trinajstić information content (AvgIpc) is 2.57. The minimum Gasteiger partial charge on any atom is -0.423 e. The number of aliphatic hydroxyl groups excluding tert-OH is 1. The summed E-state index contributed by atoms with van der Waals surface area (Å²) in [5, 5.41) is 18.2. The zero-order valence-corrected chi connectivity index (χ0v) is 7.94. The van der Waals surface area contributed by atoms with Gasteiger partial charge in [0.05, 0.1) is 6.61 Å². The maximum atomic E-state index is 9.46. The van der Waals surface area contributed by atoms with Crippen LogP contribution < -0.4 is 5.46 Å². The molecule has 0 saturated heterocycles. The monoisotopic (exact) mass is 192 g/mol. The fourth-order valence-electron chi connectivity index (χ4n) is 1.70. The number of hydrogen-bond donors (Lipinski definition) is 2. The predicted octanol–water partition coefficient (Wildman–Crippen LogP) is -0.171. The molecule has 0 saturated carbocycles. The van der Waals surface area contributed by atoms with E-state index < -0.39 is 7.12 Å². The van der Waals surface area contributed by atoms with Crippen LogP contribution in [0.4, 0.5) is 0 Å². The van der Waals surface area contributed by atoms with Crippen molar-refractivity contribution in [2.24, 2.45) is 0 Å². The Labute approximate surface area is 83.5 Å². The van der Waals surface area contributed by atoms with Crippen molar-refractivity contribution in [2.45, 2.75) is 19.4 Å². The zero-order chi connectivity index (χ0) is 9.97. The molecule has 0 aliphatic carbocycles. The third-order valence-electron chi connectivity index (χ3n) is 2.50. The van der Waals surface area contributed by atoms with Gasteiger partial charge < -0.3 is 14.8 Å². The second-order valence-electron chi connectivity index (χ2n) is 3.52. The van der Waals surface area contributed by atoms with Crippen LogP contribution in [-0.4, -0.2) is 23.9 Å². The van der Waals surface area contributed by atoms with E-state index in [1.54, 1.807) is 0 Å². The Balaban J connectivity index is 2.17. The van der Waals surface area contributed by atoms with Gasteiger partial charge >= 0.3 is 7.12 Å². The van der Waals surface area contributed by atoms with Gasteiger partial charge in [0.15, 0.2) is 0 Å². The number of benzene rings is 1. The van der Waals surface area contributed by atoms with Crippen LogP contribution in [0.25, 0.3) is 0 Å². The molecule has 0 aromatic heterocycles. The summed E-state index contributed by atoms with van der Waals surface area (Å²) in [4.78, 5) is 0. The van der Waals surface area contributed by atoms with Crippen LogP contribution in [0.5, 0.6) is 0 Å². The third kappa shape index (κ3) is 1.82. The molecular weight excluding hydrogens is 179 g/mol. The summed E-state index contributed by atoms with van der Waals surface area (Å²) in [6.45, 7) is 0.701. The number of hydrogen-bond acceptors (Lipinski definition) is 3. The van der Waals surface area contributed by atoms with Gasteiger partial charge in [-0.25, -0.2) is 0 Å². The Morgan fingerprint density at radius 2 is 2.29 bits per heavy atom. The van der Waals surface area contributed by atoms with E-state index in [0.717, 1.165) is 29.4 Å². The molecule has 0 atom stereocenters. The normalized spacial score (nSPS) is 14.6. The SMILES string of the molecule is OCCCc1ccc2c(c1)B(O)OC2. The smallest absolute Gasteiger partial charge is 0.423 e. The Bertz CT molecular complexity index is 327. The van der Waals surface area contributed by atoms with Gasteiger partial charge in [0.25, 0.3) is 0 Å². The van der Waals surface area contributed by atoms with E-state index >= 15 is 0 Å². The van der Waals surface area contributed by atoms with Crippen LogP contribution in [0.1, 0.15) is 17.5 Å². The number of fused-ring (bicyclic) bond motifs is 1. The summed E-state index contributed by atoms with van der Waals surface area (Å²) in [6.07, 6.45) is 1.60. The first kappa shape index (κ1) is 9.71. The van der Waals surface area contributed by atoms with Gasteiger partial charge in [0.1, 0.15) is 0 Å². The average molecular weight is 192 g/mol. The van der Waals surface area contributed by atoms with Crippen LogP contribution in [0.15, 0.2) is 18.2 Å². The number of aliphatic hydroxyl groups is 1. The van der Waals surface area contributed by atoms with Crippen LogP contribution >= 0.6 is 0 Å². The first-order valence-electron chi connectivity index (χ1n) is 4.83. The minimum absolute atomic E-state index is 0.205. The summed E-state index contributed by atoms with van der Waals surface area (Å²) >= 11 is 0. The van der Waals surface area contributed by atoms with Gasteiger partial charge in [-0.1, -0.05) is 18.2 Å². The molecule has 1 aliphatic rings. The van der Waals surface area contributed by atoms with Crippen molar-refractivity contribution in [1.82, 2.24) is 0 Å². The molecular formula is C10H13BO3. The van der Waals surface area contributed by atoms with Crippen LogP contribution in [-0.2, 0) is 17.7 Å². The Hall–Kier alpha value is -0.835. The molecule has 74 valence electrons. The lowest BCUT2D eigenvalue weighted by Gasteiger charge is -2.03. The molecule has 14 heavy (non-hydrogen) atoms. The molecule has 0 amide bonds. The second-order valence-corrected chi connectivity index (χ2v) is 3.52. The van der Waals surface area contributed by atoms with Gasteiger partial charge in [-0.05, 0) is 29.4 Å². The molecule has 0 fully saturated rings. The largest absolute Gasteiger partial charge is 0.491 e. The van der Waals surface area contributed by atoms with Crippen LogP contribution in [0, 0.1) is 0 Å². The fourth-order valence-corrected chi connectivity index (χ4v) is 1.70. The number of aryl methyl sites for hydroxylation is 1. The summed E-state index contributed by atoms with van der Waals surface area (Å²) in [6, 6.07) is 5.97. The minimum atomic E-state index is -0.765. The van der Waals surface area contributed by atoms with Gasteiger partial charge in [-0.3, -0.25) is 0 Å². The lowest BCUT2D eigenvalue weighted by Crippen LogP contribution is -2.28. The molecule has 2 rings (SSSR count). The highest BCUT2D eigenvalue weighted by Gasteiger charge is 2.26. The molecule has 1 aromatic carbocycles. The van der Waals surface area contributed by atoms with Crippen molar-refractivity contribution < 1.29 is 14.8 Å². The van der Waals surface area contributed by atoms with Crippen molar-refractivity contribution in [3.8, 4) is 0 Å². The lowest BCUT2D eigenvalue weighted by molar-refractivity contribution is 0.275. The lowest BCUT2D eigenvalue weighted by atomic mass is 9.78. The van der Waals surface area contributed by atoms with E-state index in [9.17, 15) is 5.02 Å². The molecule has 1 aliphatic heterocycles. The van der Waals surface area contributed by atoms with Gasteiger partial charge in [-0.2, -0.15) is 0 Å². The molecule has 0 radical (unpaired) electrons. The maximum absolute atomic E-state index is 9.46. The Morgan fingerprint density at radius 1 is 1.43 bits per heavy atom. The molecule has 1 aromatic rings. The van der Waals surface area contributed by atoms with E-state index in [0.29, 0.717) is 6.61 Å². The highest BCUT2D eigenvalue weighted by atomic mass is 16.5. The molecule has 0 spiro atoms. The zero-order valence-electron chi connectivity index (χ0n) is 7.94. The van der Waals surface area contributed by atoms with Crippen molar-refractivity contribution in [2.75, 3.05) is 6.61 Å². The summed E-state index contributed by atoms with van der Waals surface area (Å²) in [5.41, 5.74) is 3.08. The van der Waals surface area contributed by atoms with Crippen molar-refractivity contribution in [1.29, 1.82) is 0 Å². The second kappa shape index (κ2) is 4.13. The molecule has 0 bridgehead atoms. The van der Waals surface area contributed by atoms with E-state index in [4.69, 9.17) is 9.76 Å². The van der Waals surface area contributed by atoms with Crippen LogP contribution in [0.3, 0.4) is 0 Å². The molecule has 2 N–H and O–H groups in total. The molecule has 4 heteroatoms. The van der Waals surface area contributed by atoms with Crippen LogP contribution in [0.2, 0.25) is 0 Å². The molecule has 0 unspecified atom stereocenters. The standard InChI is InChI=1S/C10H13BO3/c12-5-1-2-8-3-4-9-7-14-11(13)10(9)6-8/h3-4,6,12-13H,1-2,5,7H2. The first-order chi connectivity index (χ1) is 6.81. The van der Waals surface area contributed by atoms with E-state index in [2.05, 4.69) is 0 Å². The van der Waals surface area contributed by atoms with E-state index in [1.807, 2.05) is 18.2 Å². The number of rotatable bonds is 3. The van der Waals surface area contributed by atoms with Crippen molar-refractivity contribution >= 4 is 12.6 Å². The third-order valence-corrected chi connectivity index (χ3v) is 2.50. The van der Waals surface area contributed by atoms with Crippen molar-refractivity contribution in [3.63, 3.8) is 0 Å². The van der Waals surface area contributed by atoms with E-state index in [-0.39, 0.29) is 6.61 Å². The van der Waals surface area contributed by atoms with Gasteiger partial charge in [0.2, 0.25) is 0 Å². The molecule has 3 nitrogen and oxygen atoms in total. The Morgan fingerprint density at radius 3 is 3.07 bits per heavy atom. The predicted molar refractivity (Wildman–Crippen MR) is 54.2 cm³/mol. The first-order valence-corrected chi connectivity index (χ1v) is 4.83. The highest BCUT2D eigenvalue weighted by Crippen LogP contribution is 2.12. The fraction of sp³-hybridized carbons (Fsp3) is 0.400. The van der Waals surface area contributed by atoms with Gasteiger partial charge in [-0.15, -0.1) is 0 Å². The van der Waals surface area contributed by atoms with E-state index in [1.165, 1.54) is 0 Å². The summed E-state index contributed by atoms with van der Waals surface area (Å²) in [7, 11) is -0.765. The topological polar surface area (TPSA) is 49.7 Å². The summed E-state index contributed by atoms with van der Waals surface area (Å²) < 4.78 is 5.09. The maximum Gasteiger partial charge on any atom is 0.491 e. The van der Waals surface area contributed by atoms with Gasteiger partial charge in [0, 0.05) is 6.61 Å². The molecule has 1 heterocycles. The highest BCUT2D eigenvalue weighted by molar-refractivity contribution is 6.61. The Kier molecular flexibility index (Phi) is 2.86. The summed E-state index contributed by atoms with van der Waals surface area (Å²) in [5.74, 6) is 0. The quantitative estimate of drug-likeness (QED) is 0.653. The van der Waals surface area contributed by atoms with Crippen molar-refractivity contribution in [3.05, 3.63) is 29.3 Å².